The molecular weight excluding hydrogens is 719 g/mol. The highest BCUT2D eigenvalue weighted by molar-refractivity contribution is 6.05. The first-order valence-corrected chi connectivity index (χ1v) is 20.0. The van der Waals surface area contributed by atoms with Crippen molar-refractivity contribution >= 4 is 51.9 Å². The molecule has 13 nitrogen and oxygen atoms in total. The van der Waals surface area contributed by atoms with Crippen LogP contribution in [0.5, 0.6) is 5.75 Å². The van der Waals surface area contributed by atoms with Crippen molar-refractivity contribution in [2.24, 2.45) is 0 Å². The second-order valence-electron chi connectivity index (χ2n) is 15.4. The van der Waals surface area contributed by atoms with Crippen molar-refractivity contribution in [1.29, 1.82) is 0 Å². The van der Waals surface area contributed by atoms with E-state index in [1.807, 2.05) is 48.7 Å². The minimum atomic E-state index is -0.288. The molecule has 3 aliphatic rings. The minimum Gasteiger partial charge on any atom is -0.497 e. The number of nitrogens with one attached hydrogen (secondary N) is 1. The van der Waals surface area contributed by atoms with Gasteiger partial charge in [0.05, 0.1) is 13.7 Å². The van der Waals surface area contributed by atoms with Gasteiger partial charge >= 0.3 is 6.03 Å². The number of imide groups is 1. The molecule has 0 spiro atoms. The van der Waals surface area contributed by atoms with E-state index in [1.165, 1.54) is 16.2 Å². The molecule has 57 heavy (non-hydrogen) atoms. The molecule has 4 amide bonds. The molecule has 8 rings (SSSR count). The van der Waals surface area contributed by atoms with Crippen molar-refractivity contribution < 1.29 is 19.1 Å². The normalized spacial score (nSPS) is 16.8. The highest BCUT2D eigenvalue weighted by atomic mass is 16.5. The van der Waals surface area contributed by atoms with Crippen LogP contribution in [0.4, 0.5) is 27.8 Å². The number of urea groups is 1. The number of rotatable bonds is 12. The number of nitrogens with zero attached hydrogens (tertiary/aromatic N) is 8. The molecule has 13 heteroatoms. The molecular formula is C44H51N9O4. The number of anilines is 4. The third-order valence-electron chi connectivity index (χ3n) is 11.5. The maximum Gasteiger partial charge on any atom is 0.331 e. The standard InChI is InChI=1S/C44H51N9O4/c1-48(2)42(55)39-28-33-29-45-43(47-41(33)53(39)37-6-4-5-7-37)46-34-12-16-35(17-13-34)50-26-24-49(25-27-50)22-20-31-8-14-36(15-9-31)51-23-21-40(54)52(44(51)56)30-32-10-18-38(57-3)19-11-32/h8-19,28-29,37H,4-7,20-27,30H2,1-3H3,(H,45,46,47). The van der Waals surface area contributed by atoms with Gasteiger partial charge in [-0.25, -0.2) is 9.78 Å². The number of hydrogen-bond donors (Lipinski definition) is 1. The smallest absolute Gasteiger partial charge is 0.331 e. The lowest BCUT2D eigenvalue weighted by molar-refractivity contribution is -0.129. The molecule has 0 unspecified atom stereocenters. The highest BCUT2D eigenvalue weighted by Gasteiger charge is 2.33. The average Bonchev–Trinajstić information content (AvgIpc) is 3.91. The third-order valence-corrected chi connectivity index (χ3v) is 11.5. The van der Waals surface area contributed by atoms with E-state index in [9.17, 15) is 14.4 Å². The Labute approximate surface area is 333 Å². The highest BCUT2D eigenvalue weighted by Crippen LogP contribution is 2.35. The molecule has 2 saturated heterocycles. The maximum absolute atomic E-state index is 13.4. The Bertz CT molecular complexity index is 2210. The third kappa shape index (κ3) is 8.29. The second-order valence-corrected chi connectivity index (χ2v) is 15.4. The topological polar surface area (TPSA) is 119 Å². The van der Waals surface area contributed by atoms with Crippen LogP contribution in [0.15, 0.2) is 85.1 Å². The van der Waals surface area contributed by atoms with Gasteiger partial charge in [-0.2, -0.15) is 4.98 Å². The van der Waals surface area contributed by atoms with Crippen LogP contribution in [-0.4, -0.2) is 108 Å². The van der Waals surface area contributed by atoms with Crippen LogP contribution in [0.3, 0.4) is 0 Å². The summed E-state index contributed by atoms with van der Waals surface area (Å²) in [4.78, 5) is 58.3. The van der Waals surface area contributed by atoms with Crippen LogP contribution in [-0.2, 0) is 17.8 Å². The largest absolute Gasteiger partial charge is 0.497 e. The fraction of sp³-hybridized carbons (Fsp3) is 0.386. The van der Waals surface area contributed by atoms with Gasteiger partial charge < -0.3 is 24.4 Å². The molecule has 2 aliphatic heterocycles. The number of aromatic nitrogens is 3. The summed E-state index contributed by atoms with van der Waals surface area (Å²) in [5, 5.41) is 4.27. The molecule has 2 aromatic heterocycles. The van der Waals surface area contributed by atoms with Gasteiger partial charge in [0, 0.05) is 94.5 Å². The van der Waals surface area contributed by atoms with Crippen molar-refractivity contribution in [3.63, 3.8) is 0 Å². The summed E-state index contributed by atoms with van der Waals surface area (Å²) in [6, 6.07) is 26.0. The van der Waals surface area contributed by atoms with E-state index in [0.717, 1.165) is 98.5 Å². The lowest BCUT2D eigenvalue weighted by Crippen LogP contribution is -2.52. The quantitative estimate of drug-likeness (QED) is 0.148. The molecule has 4 heterocycles. The van der Waals surface area contributed by atoms with E-state index < -0.39 is 0 Å². The van der Waals surface area contributed by atoms with Crippen LogP contribution in [0.25, 0.3) is 11.0 Å². The average molecular weight is 770 g/mol. The fourth-order valence-electron chi connectivity index (χ4n) is 8.24. The zero-order chi connectivity index (χ0) is 39.5. The monoisotopic (exact) mass is 769 g/mol. The maximum atomic E-state index is 13.4. The summed E-state index contributed by atoms with van der Waals surface area (Å²) >= 11 is 0. The Morgan fingerprint density at radius 3 is 2.23 bits per heavy atom. The van der Waals surface area contributed by atoms with Crippen LogP contribution in [0, 0.1) is 0 Å². The minimum absolute atomic E-state index is 0.0144. The molecule has 5 aromatic rings. The van der Waals surface area contributed by atoms with E-state index >= 15 is 0 Å². The molecule has 0 bridgehead atoms. The summed E-state index contributed by atoms with van der Waals surface area (Å²) < 4.78 is 7.37. The Balaban J connectivity index is 0.824. The Morgan fingerprint density at radius 1 is 0.860 bits per heavy atom. The summed E-state index contributed by atoms with van der Waals surface area (Å²) in [5.74, 6) is 1.08. The van der Waals surface area contributed by atoms with Crippen molar-refractivity contribution in [2.75, 3.05) is 75.6 Å². The first-order valence-electron chi connectivity index (χ1n) is 20.0. The van der Waals surface area contributed by atoms with Crippen molar-refractivity contribution in [3.05, 3.63) is 102 Å². The van der Waals surface area contributed by atoms with Crippen LogP contribution < -0.4 is 19.9 Å². The van der Waals surface area contributed by atoms with Gasteiger partial charge in [0.1, 0.15) is 17.1 Å². The van der Waals surface area contributed by atoms with Crippen molar-refractivity contribution in [3.8, 4) is 5.75 Å². The predicted octanol–water partition coefficient (Wildman–Crippen LogP) is 6.72. The Morgan fingerprint density at radius 2 is 1.54 bits per heavy atom. The molecule has 1 saturated carbocycles. The van der Waals surface area contributed by atoms with E-state index in [2.05, 4.69) is 61.1 Å². The molecule has 1 N–H and O–H groups in total. The molecule has 1 aliphatic carbocycles. The van der Waals surface area contributed by atoms with Gasteiger partial charge in [-0.15, -0.1) is 0 Å². The molecule has 3 aromatic carbocycles. The number of carbonyl (C=O) groups is 3. The first kappa shape index (κ1) is 37.9. The van der Waals surface area contributed by atoms with Crippen molar-refractivity contribution in [1.82, 2.24) is 29.2 Å². The van der Waals surface area contributed by atoms with Crippen LogP contribution >= 0.6 is 0 Å². The summed E-state index contributed by atoms with van der Waals surface area (Å²) in [5.41, 5.74) is 6.48. The molecule has 3 fully saturated rings. The molecule has 0 radical (unpaired) electrons. The number of fused-ring (bicyclic) bond motifs is 1. The Hall–Kier alpha value is -5.95. The van der Waals surface area contributed by atoms with Crippen LogP contribution in [0.2, 0.25) is 0 Å². The number of amides is 4. The van der Waals surface area contributed by atoms with E-state index in [1.54, 1.807) is 31.0 Å². The van der Waals surface area contributed by atoms with E-state index in [0.29, 0.717) is 24.6 Å². The zero-order valence-corrected chi connectivity index (χ0v) is 33.1. The van der Waals surface area contributed by atoms with Gasteiger partial charge in [0.25, 0.3) is 5.91 Å². The van der Waals surface area contributed by atoms with E-state index in [4.69, 9.17) is 9.72 Å². The van der Waals surface area contributed by atoms with Crippen molar-refractivity contribution in [2.45, 2.75) is 51.1 Å². The number of ether oxygens (including phenoxy) is 1. The van der Waals surface area contributed by atoms with Gasteiger partial charge in [-0.05, 0) is 85.0 Å². The molecule has 0 atom stereocenters. The lowest BCUT2D eigenvalue weighted by Gasteiger charge is -2.36. The van der Waals surface area contributed by atoms with Gasteiger partial charge in [-0.1, -0.05) is 37.1 Å². The Kier molecular flexibility index (Phi) is 11.1. The van der Waals surface area contributed by atoms with Gasteiger partial charge in [-0.3, -0.25) is 24.3 Å². The molecule has 296 valence electrons. The summed E-state index contributed by atoms with van der Waals surface area (Å²) in [6.45, 7) is 5.42. The second kappa shape index (κ2) is 16.6. The van der Waals surface area contributed by atoms with Crippen LogP contribution in [0.1, 0.15) is 59.8 Å². The summed E-state index contributed by atoms with van der Waals surface area (Å²) in [7, 11) is 5.19. The number of hydrogen-bond acceptors (Lipinski definition) is 9. The first-order chi connectivity index (χ1) is 27.7. The number of benzene rings is 3. The fourth-order valence-corrected chi connectivity index (χ4v) is 8.24. The number of carbonyl (C=O) groups excluding carboxylic acids is 3. The predicted molar refractivity (Wildman–Crippen MR) is 222 cm³/mol. The summed E-state index contributed by atoms with van der Waals surface area (Å²) in [6.07, 6.45) is 7.45. The lowest BCUT2D eigenvalue weighted by atomic mass is 10.1. The number of methoxy groups -OCH3 is 1. The van der Waals surface area contributed by atoms with Gasteiger partial charge in [0.2, 0.25) is 11.9 Å². The SMILES string of the molecule is COc1ccc(CN2C(=O)CCN(c3ccc(CCN4CCN(c5ccc(Nc6ncc7cc(C(=O)N(C)C)n(C8CCCC8)c7n6)cc5)CC4)cc3)C2=O)cc1. The number of piperazine rings is 1. The van der Waals surface area contributed by atoms with E-state index in [-0.39, 0.29) is 30.4 Å². The zero-order valence-electron chi connectivity index (χ0n) is 33.1. The van der Waals surface area contributed by atoms with Gasteiger partial charge in [0.15, 0.2) is 0 Å².